The van der Waals surface area contributed by atoms with E-state index in [0.717, 1.165) is 29.7 Å². The van der Waals surface area contributed by atoms with E-state index in [9.17, 15) is 14.0 Å². The number of aromatic carboxylic acids is 1. The van der Waals surface area contributed by atoms with Gasteiger partial charge in [-0.25, -0.2) is 13.9 Å². The molecule has 3 aromatic rings. The van der Waals surface area contributed by atoms with Gasteiger partial charge in [0.15, 0.2) is 5.69 Å². The van der Waals surface area contributed by atoms with Gasteiger partial charge in [0, 0.05) is 11.3 Å². The summed E-state index contributed by atoms with van der Waals surface area (Å²) in [6, 6.07) is 7.65. The predicted octanol–water partition coefficient (Wildman–Crippen LogP) is 3.03. The van der Waals surface area contributed by atoms with E-state index in [1.165, 1.54) is 22.9 Å². The highest BCUT2D eigenvalue weighted by molar-refractivity contribution is 5.94. The Kier molecular flexibility index (Phi) is 4.46. The number of nitrogens with one attached hydrogen (secondary N) is 1. The Morgan fingerprint density at radius 3 is 2.82 bits per heavy atom. The molecule has 0 unspecified atom stereocenters. The molecule has 0 spiro atoms. The number of nitrogens with zero attached hydrogens (tertiary/aromatic N) is 2. The molecule has 1 aliphatic rings. The molecule has 144 valence electrons. The maximum Gasteiger partial charge on any atom is 0.371 e. The summed E-state index contributed by atoms with van der Waals surface area (Å²) in [5, 5.41) is 16.0. The second-order valence-corrected chi connectivity index (χ2v) is 6.70. The maximum atomic E-state index is 14.4. The van der Waals surface area contributed by atoms with Crippen LogP contribution in [0.25, 0.3) is 5.69 Å². The van der Waals surface area contributed by atoms with Gasteiger partial charge in [0.25, 0.3) is 5.91 Å². The average Bonchev–Trinajstić information content (AvgIpc) is 3.37. The summed E-state index contributed by atoms with van der Waals surface area (Å²) in [5.41, 5.74) is 3.04. The fraction of sp³-hybridized carbons (Fsp3) is 0.250. The van der Waals surface area contributed by atoms with Crippen molar-refractivity contribution in [1.82, 2.24) is 15.1 Å². The second-order valence-electron chi connectivity index (χ2n) is 6.70. The van der Waals surface area contributed by atoms with Gasteiger partial charge in [-0.2, -0.15) is 5.10 Å². The molecule has 0 fully saturated rings. The molecule has 0 saturated carbocycles. The number of hydrogen-bond donors (Lipinski definition) is 2. The molecule has 2 aromatic heterocycles. The lowest BCUT2D eigenvalue weighted by atomic mass is 10.1. The highest BCUT2D eigenvalue weighted by atomic mass is 19.1. The van der Waals surface area contributed by atoms with Crippen LogP contribution in [0.4, 0.5) is 4.39 Å². The van der Waals surface area contributed by atoms with Crippen LogP contribution in [0.3, 0.4) is 0 Å². The third-order valence-corrected chi connectivity index (χ3v) is 4.84. The summed E-state index contributed by atoms with van der Waals surface area (Å²) in [5.74, 6) is -1.83. The monoisotopic (exact) mass is 383 g/mol. The van der Waals surface area contributed by atoms with Gasteiger partial charge in [0.05, 0.1) is 6.54 Å². The van der Waals surface area contributed by atoms with Crippen LogP contribution >= 0.6 is 0 Å². The summed E-state index contributed by atoms with van der Waals surface area (Å²) in [4.78, 5) is 23.6. The predicted molar refractivity (Wildman–Crippen MR) is 97.1 cm³/mol. The summed E-state index contributed by atoms with van der Waals surface area (Å²) < 4.78 is 21.1. The number of aromatic nitrogens is 2. The van der Waals surface area contributed by atoms with Crippen LogP contribution in [0.2, 0.25) is 0 Å². The number of fused-ring (bicyclic) bond motifs is 1. The zero-order chi connectivity index (χ0) is 19.8. The van der Waals surface area contributed by atoms with Crippen molar-refractivity contribution in [2.75, 3.05) is 0 Å². The smallest absolute Gasteiger partial charge is 0.371 e. The van der Waals surface area contributed by atoms with Crippen LogP contribution in [0, 0.1) is 12.7 Å². The Labute approximate surface area is 159 Å². The number of carbonyl (C=O) groups is 2. The van der Waals surface area contributed by atoms with Gasteiger partial charge in [-0.15, -0.1) is 0 Å². The van der Waals surface area contributed by atoms with Gasteiger partial charge >= 0.3 is 5.97 Å². The molecule has 2 heterocycles. The first-order valence-electron chi connectivity index (χ1n) is 8.92. The van der Waals surface area contributed by atoms with Gasteiger partial charge in [0.1, 0.15) is 17.3 Å². The molecular formula is C20H18FN3O4. The second kappa shape index (κ2) is 6.95. The molecule has 28 heavy (non-hydrogen) atoms. The molecular weight excluding hydrogens is 365 g/mol. The number of carbonyl (C=O) groups excluding carboxylic acids is 1. The Morgan fingerprint density at radius 1 is 1.29 bits per heavy atom. The van der Waals surface area contributed by atoms with Gasteiger partial charge in [-0.3, -0.25) is 4.79 Å². The topological polar surface area (TPSA) is 97.4 Å². The van der Waals surface area contributed by atoms with Crippen LogP contribution in [-0.4, -0.2) is 26.8 Å². The number of carboxylic acids is 1. The van der Waals surface area contributed by atoms with E-state index in [1.807, 2.05) is 0 Å². The highest BCUT2D eigenvalue weighted by Crippen LogP contribution is 2.30. The number of furan rings is 1. The third kappa shape index (κ3) is 3.06. The van der Waals surface area contributed by atoms with Crippen LogP contribution < -0.4 is 5.32 Å². The Hall–Kier alpha value is -3.42. The van der Waals surface area contributed by atoms with Gasteiger partial charge in [0.2, 0.25) is 5.76 Å². The summed E-state index contributed by atoms with van der Waals surface area (Å²) in [6.07, 6.45) is 2.31. The number of halogens is 1. The third-order valence-electron chi connectivity index (χ3n) is 4.84. The van der Waals surface area contributed by atoms with Crippen molar-refractivity contribution >= 4 is 11.9 Å². The number of hydrogen-bond acceptors (Lipinski definition) is 4. The van der Waals surface area contributed by atoms with Gasteiger partial charge < -0.3 is 14.8 Å². The standard InChI is InChI=1S/C20H18FN3O4/c1-11-4-2-6-14(21)18(11)24-15-7-3-5-13(15)17(23-24)19(25)22-10-12-8-9-16(28-12)20(26)27/h2,4,6,8-9H,3,5,7,10H2,1H3,(H,22,25)(H,26,27). The average molecular weight is 383 g/mol. The molecule has 0 saturated heterocycles. The number of aryl methyl sites for hydroxylation is 1. The molecule has 1 aliphatic carbocycles. The van der Waals surface area contributed by atoms with Crippen molar-refractivity contribution in [2.45, 2.75) is 32.7 Å². The zero-order valence-corrected chi connectivity index (χ0v) is 15.2. The molecule has 0 atom stereocenters. The molecule has 0 aliphatic heterocycles. The van der Waals surface area contributed by atoms with E-state index in [4.69, 9.17) is 9.52 Å². The summed E-state index contributed by atoms with van der Waals surface area (Å²) >= 11 is 0. The fourth-order valence-electron chi connectivity index (χ4n) is 3.54. The van der Waals surface area contributed by atoms with Crippen molar-refractivity contribution in [3.63, 3.8) is 0 Å². The lowest BCUT2D eigenvalue weighted by Crippen LogP contribution is -2.24. The summed E-state index contributed by atoms with van der Waals surface area (Å²) in [6.45, 7) is 1.84. The number of para-hydroxylation sites is 1. The molecule has 0 radical (unpaired) electrons. The van der Waals surface area contributed by atoms with E-state index < -0.39 is 11.9 Å². The molecule has 2 N–H and O–H groups in total. The molecule has 8 heteroatoms. The SMILES string of the molecule is Cc1cccc(F)c1-n1nc(C(=O)NCc2ccc(C(=O)O)o2)c2c1CCC2. The Balaban J connectivity index is 1.61. The van der Waals surface area contributed by atoms with Crippen molar-refractivity contribution in [2.24, 2.45) is 0 Å². The van der Waals surface area contributed by atoms with Gasteiger partial charge in [-0.05, 0) is 49.9 Å². The lowest BCUT2D eigenvalue weighted by molar-refractivity contribution is 0.0660. The molecule has 4 rings (SSSR count). The number of benzene rings is 1. The molecule has 7 nitrogen and oxygen atoms in total. The first-order chi connectivity index (χ1) is 13.5. The maximum absolute atomic E-state index is 14.4. The minimum atomic E-state index is -1.17. The lowest BCUT2D eigenvalue weighted by Gasteiger charge is -2.10. The first-order valence-corrected chi connectivity index (χ1v) is 8.92. The molecule has 0 bridgehead atoms. The number of rotatable bonds is 5. The van der Waals surface area contributed by atoms with E-state index in [-0.39, 0.29) is 23.8 Å². The molecule has 1 aromatic carbocycles. The number of carboxylic acid groups (broad SMARTS) is 1. The minimum absolute atomic E-state index is 0.0342. The van der Waals surface area contributed by atoms with Crippen LogP contribution in [0.5, 0.6) is 0 Å². The number of amides is 1. The van der Waals surface area contributed by atoms with E-state index in [0.29, 0.717) is 17.9 Å². The Bertz CT molecular complexity index is 1060. The summed E-state index contributed by atoms with van der Waals surface area (Å²) in [7, 11) is 0. The van der Waals surface area contributed by atoms with E-state index >= 15 is 0 Å². The van der Waals surface area contributed by atoms with Crippen molar-refractivity contribution in [3.05, 3.63) is 70.2 Å². The minimum Gasteiger partial charge on any atom is -0.475 e. The quantitative estimate of drug-likeness (QED) is 0.706. The van der Waals surface area contributed by atoms with Crippen LogP contribution in [-0.2, 0) is 19.4 Å². The highest BCUT2D eigenvalue weighted by Gasteiger charge is 2.28. The van der Waals surface area contributed by atoms with Crippen LogP contribution in [0.15, 0.2) is 34.7 Å². The fourth-order valence-corrected chi connectivity index (χ4v) is 3.54. The van der Waals surface area contributed by atoms with Crippen LogP contribution in [0.1, 0.15) is 50.0 Å². The first kappa shape index (κ1) is 18.0. The Morgan fingerprint density at radius 2 is 2.11 bits per heavy atom. The van der Waals surface area contributed by atoms with Crippen molar-refractivity contribution in [3.8, 4) is 5.69 Å². The van der Waals surface area contributed by atoms with E-state index in [2.05, 4.69) is 10.4 Å². The van der Waals surface area contributed by atoms with Crippen molar-refractivity contribution < 1.29 is 23.5 Å². The van der Waals surface area contributed by atoms with Gasteiger partial charge in [-0.1, -0.05) is 12.1 Å². The molecule has 1 amide bonds. The zero-order valence-electron chi connectivity index (χ0n) is 15.2. The van der Waals surface area contributed by atoms with E-state index in [1.54, 1.807) is 19.1 Å². The normalized spacial score (nSPS) is 12.8. The largest absolute Gasteiger partial charge is 0.475 e. The van der Waals surface area contributed by atoms with Crippen molar-refractivity contribution in [1.29, 1.82) is 0 Å².